The van der Waals surface area contributed by atoms with Gasteiger partial charge in [0.1, 0.15) is 6.04 Å². The fourth-order valence-electron chi connectivity index (χ4n) is 4.20. The second kappa shape index (κ2) is 10.2. The summed E-state index contributed by atoms with van der Waals surface area (Å²) in [6.07, 6.45) is 0.315. The van der Waals surface area contributed by atoms with Gasteiger partial charge in [-0.05, 0) is 34.7 Å². The van der Waals surface area contributed by atoms with Crippen molar-refractivity contribution < 1.29 is 9.59 Å². The van der Waals surface area contributed by atoms with Gasteiger partial charge in [0.2, 0.25) is 11.8 Å². The van der Waals surface area contributed by atoms with E-state index in [0.717, 1.165) is 27.8 Å². The van der Waals surface area contributed by atoms with Gasteiger partial charge in [0.05, 0.1) is 5.41 Å². The molecule has 170 valence electrons. The summed E-state index contributed by atoms with van der Waals surface area (Å²) in [5, 5.41) is 2.94. The molecule has 4 nitrogen and oxygen atoms in total. The largest absolute Gasteiger partial charge is 0.368 e. The molecule has 4 aromatic carbocycles. The van der Waals surface area contributed by atoms with E-state index in [9.17, 15) is 9.59 Å². The van der Waals surface area contributed by atoms with E-state index in [4.69, 9.17) is 5.73 Å². The van der Waals surface area contributed by atoms with Crippen molar-refractivity contribution in [3.63, 3.8) is 0 Å². The Hall–Kier alpha value is -4.18. The molecule has 0 aliphatic heterocycles. The summed E-state index contributed by atoms with van der Waals surface area (Å²) in [5.74, 6) is -0.835. The predicted octanol–water partition coefficient (Wildman–Crippen LogP) is 4.87. The Morgan fingerprint density at radius 1 is 0.706 bits per heavy atom. The zero-order valence-corrected chi connectivity index (χ0v) is 19.1. The highest BCUT2D eigenvalue weighted by Gasteiger charge is 2.38. The van der Waals surface area contributed by atoms with Crippen molar-refractivity contribution >= 4 is 11.8 Å². The van der Waals surface area contributed by atoms with E-state index < -0.39 is 17.4 Å². The predicted molar refractivity (Wildman–Crippen MR) is 136 cm³/mol. The number of primary amides is 1. The standard InChI is InChI=1S/C30H28N2O2/c1-30(25-13-7-3-8-14-25,26-15-9-4-10-16-26)29(34)32-27(28(31)33)21-22-17-19-24(20-18-22)23-11-5-2-6-12-23/h2-20,27H,21H2,1H3,(H2,31,33)(H,32,34)/t27-/m0/s1. The molecule has 4 rings (SSSR count). The van der Waals surface area contributed by atoms with Crippen LogP contribution in [-0.2, 0) is 21.4 Å². The number of carbonyl (C=O) groups is 2. The third-order valence-electron chi connectivity index (χ3n) is 6.31. The third kappa shape index (κ3) is 4.91. The summed E-state index contributed by atoms with van der Waals surface area (Å²) >= 11 is 0. The maximum absolute atomic E-state index is 13.7. The van der Waals surface area contributed by atoms with E-state index in [0.29, 0.717) is 6.42 Å². The molecule has 4 heteroatoms. The summed E-state index contributed by atoms with van der Waals surface area (Å²) in [7, 11) is 0. The molecule has 0 bridgehead atoms. The summed E-state index contributed by atoms with van der Waals surface area (Å²) in [6.45, 7) is 1.87. The molecule has 3 N–H and O–H groups in total. The quantitative estimate of drug-likeness (QED) is 0.404. The lowest BCUT2D eigenvalue weighted by Gasteiger charge is -2.31. The lowest BCUT2D eigenvalue weighted by molar-refractivity contribution is -0.129. The minimum atomic E-state index is -0.979. The van der Waals surface area contributed by atoms with Crippen LogP contribution in [0.3, 0.4) is 0 Å². The summed E-state index contributed by atoms with van der Waals surface area (Å²) in [5.41, 5.74) is 9.56. The van der Waals surface area contributed by atoms with Crippen LogP contribution in [0.5, 0.6) is 0 Å². The number of nitrogens with one attached hydrogen (secondary N) is 1. The van der Waals surface area contributed by atoms with Crippen LogP contribution in [0.2, 0.25) is 0 Å². The number of nitrogens with two attached hydrogens (primary N) is 1. The molecule has 34 heavy (non-hydrogen) atoms. The molecular formula is C30H28N2O2. The van der Waals surface area contributed by atoms with Crippen LogP contribution in [0.15, 0.2) is 115 Å². The second-order valence-corrected chi connectivity index (χ2v) is 8.55. The van der Waals surface area contributed by atoms with Crippen LogP contribution >= 0.6 is 0 Å². The van der Waals surface area contributed by atoms with Gasteiger partial charge >= 0.3 is 0 Å². The van der Waals surface area contributed by atoms with Crippen molar-refractivity contribution in [1.82, 2.24) is 5.32 Å². The van der Waals surface area contributed by atoms with Crippen molar-refractivity contribution in [2.75, 3.05) is 0 Å². The van der Waals surface area contributed by atoms with E-state index in [1.165, 1.54) is 0 Å². The van der Waals surface area contributed by atoms with E-state index in [2.05, 4.69) is 17.4 Å². The van der Waals surface area contributed by atoms with E-state index in [-0.39, 0.29) is 5.91 Å². The van der Waals surface area contributed by atoms with Crippen LogP contribution in [0, 0.1) is 0 Å². The van der Waals surface area contributed by atoms with Crippen LogP contribution < -0.4 is 11.1 Å². The van der Waals surface area contributed by atoms with Gasteiger partial charge in [-0.3, -0.25) is 9.59 Å². The summed E-state index contributed by atoms with van der Waals surface area (Å²) in [6, 6.07) is 36.4. The Morgan fingerprint density at radius 3 is 1.62 bits per heavy atom. The van der Waals surface area contributed by atoms with Gasteiger partial charge < -0.3 is 11.1 Å². The maximum atomic E-state index is 13.7. The molecule has 0 heterocycles. The molecule has 0 saturated heterocycles. The highest BCUT2D eigenvalue weighted by atomic mass is 16.2. The van der Waals surface area contributed by atoms with E-state index in [1.54, 1.807) is 0 Å². The van der Waals surface area contributed by atoms with Gasteiger partial charge in [-0.15, -0.1) is 0 Å². The average molecular weight is 449 g/mol. The minimum Gasteiger partial charge on any atom is -0.368 e. The van der Waals surface area contributed by atoms with Crippen LogP contribution in [0.25, 0.3) is 11.1 Å². The number of benzene rings is 4. The fraction of sp³-hybridized carbons (Fsp3) is 0.133. The number of amides is 2. The third-order valence-corrected chi connectivity index (χ3v) is 6.31. The summed E-state index contributed by atoms with van der Waals surface area (Å²) < 4.78 is 0. The number of carbonyl (C=O) groups excluding carboxylic acids is 2. The Balaban J connectivity index is 1.58. The Labute approximate surface area is 200 Å². The number of hydrogen-bond acceptors (Lipinski definition) is 2. The van der Waals surface area contributed by atoms with Crippen molar-refractivity contribution in [2.45, 2.75) is 24.8 Å². The first-order valence-corrected chi connectivity index (χ1v) is 11.3. The van der Waals surface area contributed by atoms with Crippen molar-refractivity contribution in [1.29, 1.82) is 0 Å². The summed E-state index contributed by atoms with van der Waals surface area (Å²) in [4.78, 5) is 26.0. The average Bonchev–Trinajstić information content (AvgIpc) is 2.89. The highest BCUT2D eigenvalue weighted by Crippen LogP contribution is 2.32. The molecule has 0 spiro atoms. The molecule has 4 aromatic rings. The first kappa shape index (κ1) is 23.0. The second-order valence-electron chi connectivity index (χ2n) is 8.55. The Kier molecular flexibility index (Phi) is 6.88. The van der Waals surface area contributed by atoms with Crippen LogP contribution in [0.1, 0.15) is 23.6 Å². The van der Waals surface area contributed by atoms with E-state index in [1.807, 2.05) is 110 Å². The zero-order valence-electron chi connectivity index (χ0n) is 19.1. The minimum absolute atomic E-state index is 0.269. The van der Waals surface area contributed by atoms with E-state index >= 15 is 0 Å². The van der Waals surface area contributed by atoms with Crippen molar-refractivity contribution in [3.05, 3.63) is 132 Å². The number of hydrogen-bond donors (Lipinski definition) is 2. The van der Waals surface area contributed by atoms with Crippen LogP contribution in [-0.4, -0.2) is 17.9 Å². The topological polar surface area (TPSA) is 72.2 Å². The maximum Gasteiger partial charge on any atom is 0.240 e. The first-order chi connectivity index (χ1) is 16.5. The Bertz CT molecular complexity index is 1200. The molecule has 0 saturated carbocycles. The molecule has 0 aliphatic carbocycles. The lowest BCUT2D eigenvalue weighted by atomic mass is 9.75. The van der Waals surface area contributed by atoms with Crippen molar-refractivity contribution in [3.8, 4) is 11.1 Å². The molecule has 0 unspecified atom stereocenters. The monoisotopic (exact) mass is 448 g/mol. The SMILES string of the molecule is CC(C(=O)N[C@@H](Cc1ccc(-c2ccccc2)cc1)C(N)=O)(c1ccccc1)c1ccccc1. The van der Waals surface area contributed by atoms with Crippen LogP contribution in [0.4, 0.5) is 0 Å². The molecule has 0 aliphatic rings. The molecule has 0 radical (unpaired) electrons. The highest BCUT2D eigenvalue weighted by molar-refractivity contribution is 5.95. The van der Waals surface area contributed by atoms with Gasteiger partial charge in [-0.1, -0.05) is 115 Å². The fourth-order valence-corrected chi connectivity index (χ4v) is 4.20. The normalized spacial score (nSPS) is 12.0. The molecule has 2 amide bonds. The Morgan fingerprint density at radius 2 is 1.15 bits per heavy atom. The zero-order chi connectivity index (χ0) is 24.0. The van der Waals surface area contributed by atoms with Gasteiger partial charge in [-0.2, -0.15) is 0 Å². The molecule has 0 fully saturated rings. The molecule has 0 aromatic heterocycles. The first-order valence-electron chi connectivity index (χ1n) is 11.3. The van der Waals surface area contributed by atoms with Crippen molar-refractivity contribution in [2.24, 2.45) is 5.73 Å². The van der Waals surface area contributed by atoms with Gasteiger partial charge in [-0.25, -0.2) is 0 Å². The van der Waals surface area contributed by atoms with Gasteiger partial charge in [0.15, 0.2) is 0 Å². The van der Waals surface area contributed by atoms with Gasteiger partial charge in [0.25, 0.3) is 0 Å². The smallest absolute Gasteiger partial charge is 0.240 e. The molecular weight excluding hydrogens is 420 g/mol. The number of rotatable bonds is 8. The van der Waals surface area contributed by atoms with Gasteiger partial charge in [0, 0.05) is 6.42 Å². The molecule has 1 atom stereocenters. The lowest BCUT2D eigenvalue weighted by Crippen LogP contribution is -2.52.